The highest BCUT2D eigenvalue weighted by Gasteiger charge is 2.10. The van der Waals surface area contributed by atoms with Gasteiger partial charge in [0.2, 0.25) is 0 Å². The summed E-state index contributed by atoms with van der Waals surface area (Å²) in [5.41, 5.74) is 0. The van der Waals surface area contributed by atoms with Gasteiger partial charge in [-0.15, -0.1) is 0 Å². The van der Waals surface area contributed by atoms with Crippen molar-refractivity contribution in [1.29, 1.82) is 0 Å². The number of hydrogen-bond donors (Lipinski definition) is 6. The van der Waals surface area contributed by atoms with Crippen LogP contribution >= 0.6 is 37.9 Å². The molecule has 0 unspecified atom stereocenters. The van der Waals surface area contributed by atoms with Crippen LogP contribution in [0.25, 0.3) is 0 Å². The monoisotopic (exact) mass is 246 g/mol. The maximum atomic E-state index is 9.29. The largest absolute Gasteiger partial charge is 0.481 e. The Balaban J connectivity index is 0. The van der Waals surface area contributed by atoms with E-state index >= 15 is 0 Å². The Morgan fingerprint density at radius 1 is 1.08 bits per heavy atom. The minimum Gasteiger partial charge on any atom is -0.481 e. The van der Waals surface area contributed by atoms with Crippen molar-refractivity contribution in [1.82, 2.24) is 0 Å². The summed E-state index contributed by atoms with van der Waals surface area (Å²) in [4.78, 5) is 9.29. The van der Waals surface area contributed by atoms with Gasteiger partial charge >= 0.3 is 5.97 Å². The lowest BCUT2D eigenvalue weighted by atomic mass is 10.3. The average molecular weight is 246 g/mol. The molecule has 7 heteroatoms. The van der Waals surface area contributed by atoms with Crippen molar-refractivity contribution in [3.8, 4) is 0 Å². The Hall–Kier alpha value is 0.440. The Morgan fingerprint density at radius 3 is 1.38 bits per heavy atom. The van der Waals surface area contributed by atoms with Crippen molar-refractivity contribution >= 4 is 43.9 Å². The van der Waals surface area contributed by atoms with E-state index in [1.807, 2.05) is 0 Å². The fourth-order valence-corrected chi connectivity index (χ4v) is 0.730. The summed E-state index contributed by atoms with van der Waals surface area (Å²) in [5.74, 6) is -0.406. The second-order valence-corrected chi connectivity index (χ2v) is 3.10. The van der Waals surface area contributed by atoms with Gasteiger partial charge in [0.05, 0.1) is 18.0 Å². The van der Waals surface area contributed by atoms with Crippen molar-refractivity contribution in [2.24, 2.45) is 0 Å². The van der Waals surface area contributed by atoms with Gasteiger partial charge in [0.25, 0.3) is 0 Å². The molecule has 0 heterocycles. The van der Waals surface area contributed by atoms with Gasteiger partial charge in [-0.2, -0.15) is 37.9 Å². The van der Waals surface area contributed by atoms with E-state index in [1.165, 1.54) is 0 Å². The summed E-state index contributed by atoms with van der Waals surface area (Å²) in [6.07, 6.45) is -1.48. The second-order valence-electron chi connectivity index (χ2n) is 2.05. The molecule has 80 valence electrons. The molecule has 0 aromatic carbocycles. The summed E-state index contributed by atoms with van der Waals surface area (Å²) in [7, 11) is 0. The maximum Gasteiger partial charge on any atom is 0.313 e. The van der Waals surface area contributed by atoms with Crippen molar-refractivity contribution in [3.63, 3.8) is 0 Å². The van der Waals surface area contributed by atoms with Crippen LogP contribution in [0.1, 0.15) is 0 Å². The van der Waals surface area contributed by atoms with Gasteiger partial charge < -0.3 is 15.3 Å². The van der Waals surface area contributed by atoms with Crippen LogP contribution in [0.5, 0.6) is 0 Å². The van der Waals surface area contributed by atoms with E-state index < -0.39 is 18.2 Å². The maximum absolute atomic E-state index is 9.29. The standard InChI is InChI=1S/C4H10O2S2.C2H4O2S/c5-3(1-7)4(6)2-8;3-2(4)1-5/h3-8H,1-2H2;5H,1H2,(H,3,4)/t3-,4-;/m0./s1. The summed E-state index contributed by atoms with van der Waals surface area (Å²) >= 11 is 10.9. The number of rotatable bonds is 4. The highest BCUT2D eigenvalue weighted by Crippen LogP contribution is 1.96. The number of aliphatic carboxylic acids is 1. The van der Waals surface area contributed by atoms with Gasteiger partial charge in [-0.05, 0) is 0 Å². The molecule has 0 saturated carbocycles. The fraction of sp³-hybridized carbons (Fsp3) is 0.833. The number of carboxylic acid groups (broad SMARTS) is 1. The molecular weight excluding hydrogens is 232 g/mol. The van der Waals surface area contributed by atoms with Gasteiger partial charge in [-0.3, -0.25) is 4.79 Å². The molecule has 0 amide bonds. The molecule has 0 aliphatic carbocycles. The van der Waals surface area contributed by atoms with Crippen molar-refractivity contribution in [3.05, 3.63) is 0 Å². The normalized spacial score (nSPS) is 13.9. The van der Waals surface area contributed by atoms with E-state index in [0.29, 0.717) is 0 Å². The third-order valence-electron chi connectivity index (χ3n) is 0.954. The molecule has 0 rings (SSSR count). The number of hydrogen-bond acceptors (Lipinski definition) is 6. The van der Waals surface area contributed by atoms with Crippen molar-refractivity contribution < 1.29 is 20.1 Å². The molecule has 13 heavy (non-hydrogen) atoms. The van der Waals surface area contributed by atoms with Crippen molar-refractivity contribution in [2.75, 3.05) is 17.3 Å². The number of carboxylic acids is 1. The van der Waals surface area contributed by atoms with E-state index in [1.54, 1.807) is 0 Å². The van der Waals surface area contributed by atoms with E-state index in [-0.39, 0.29) is 17.3 Å². The van der Waals surface area contributed by atoms with Crippen LogP contribution < -0.4 is 0 Å². The lowest BCUT2D eigenvalue weighted by Gasteiger charge is -2.11. The highest BCUT2D eigenvalue weighted by atomic mass is 32.1. The third-order valence-corrected chi connectivity index (χ3v) is 1.97. The molecule has 0 fully saturated rings. The van der Waals surface area contributed by atoms with Crippen LogP contribution in [0, 0.1) is 0 Å². The van der Waals surface area contributed by atoms with E-state index in [0.717, 1.165) is 0 Å². The molecule has 2 atom stereocenters. The Kier molecular flexibility index (Phi) is 12.9. The summed E-state index contributed by atoms with van der Waals surface area (Å²) < 4.78 is 0. The minimum atomic E-state index is -0.881. The quantitative estimate of drug-likeness (QED) is 0.381. The zero-order valence-electron chi connectivity index (χ0n) is 6.87. The summed E-state index contributed by atoms with van der Waals surface area (Å²) in [6, 6.07) is 0. The number of thiol groups is 3. The average Bonchev–Trinajstić information content (AvgIpc) is 2.16. The molecule has 3 N–H and O–H groups in total. The van der Waals surface area contributed by atoms with Gasteiger partial charge in [-0.25, -0.2) is 0 Å². The molecule has 0 saturated heterocycles. The third kappa shape index (κ3) is 12.4. The van der Waals surface area contributed by atoms with Crippen molar-refractivity contribution in [2.45, 2.75) is 12.2 Å². The molecule has 0 aliphatic heterocycles. The lowest BCUT2D eigenvalue weighted by molar-refractivity contribution is -0.133. The summed E-state index contributed by atoms with van der Waals surface area (Å²) in [6.45, 7) is 0. The molecule has 0 aromatic heterocycles. The minimum absolute atomic E-state index is 0.0833. The first-order valence-corrected chi connectivity index (χ1v) is 5.29. The Bertz CT molecular complexity index is 125. The van der Waals surface area contributed by atoms with E-state index in [4.69, 9.17) is 15.3 Å². The molecule has 0 radical (unpaired) electrons. The number of aliphatic hydroxyl groups excluding tert-OH is 2. The highest BCUT2D eigenvalue weighted by molar-refractivity contribution is 7.81. The SMILES string of the molecule is O=C(O)CS.O[C@@H](CS)[C@@H](O)CS. The molecule has 4 nitrogen and oxygen atoms in total. The van der Waals surface area contributed by atoms with Gasteiger partial charge in [0.1, 0.15) is 0 Å². The Labute approximate surface area is 93.6 Å². The van der Waals surface area contributed by atoms with Crippen LogP contribution in [0.3, 0.4) is 0 Å². The molecular formula is C6H14O4S3. The first kappa shape index (κ1) is 15.9. The number of carbonyl (C=O) groups is 1. The zero-order chi connectivity index (χ0) is 10.9. The van der Waals surface area contributed by atoms with Crippen LogP contribution in [0.15, 0.2) is 0 Å². The zero-order valence-corrected chi connectivity index (χ0v) is 9.55. The predicted octanol–water partition coefficient (Wildman–Crippen LogP) is -0.431. The Morgan fingerprint density at radius 2 is 1.31 bits per heavy atom. The molecule has 0 spiro atoms. The van der Waals surface area contributed by atoms with Gasteiger partial charge in [0.15, 0.2) is 0 Å². The topological polar surface area (TPSA) is 77.8 Å². The molecule has 0 aromatic rings. The van der Waals surface area contributed by atoms with Crippen LogP contribution in [-0.2, 0) is 4.79 Å². The van der Waals surface area contributed by atoms with Gasteiger partial charge in [0, 0.05) is 11.5 Å². The van der Waals surface area contributed by atoms with E-state index in [2.05, 4.69) is 37.9 Å². The first-order chi connectivity index (χ1) is 5.99. The number of aliphatic hydroxyl groups is 2. The van der Waals surface area contributed by atoms with Gasteiger partial charge in [-0.1, -0.05) is 0 Å². The first-order valence-electron chi connectivity index (χ1n) is 3.40. The van der Waals surface area contributed by atoms with Crippen LogP contribution in [0.2, 0.25) is 0 Å². The predicted molar refractivity (Wildman–Crippen MR) is 61.2 cm³/mol. The second kappa shape index (κ2) is 10.5. The van der Waals surface area contributed by atoms with Crippen LogP contribution in [-0.4, -0.2) is 50.8 Å². The smallest absolute Gasteiger partial charge is 0.313 e. The van der Waals surface area contributed by atoms with E-state index in [9.17, 15) is 4.79 Å². The lowest BCUT2D eigenvalue weighted by Crippen LogP contribution is -2.28. The molecule has 0 bridgehead atoms. The van der Waals surface area contributed by atoms with Crippen LogP contribution in [0.4, 0.5) is 0 Å². The summed E-state index contributed by atoms with van der Waals surface area (Å²) in [5, 5.41) is 25.1. The fourth-order valence-electron chi connectivity index (χ4n) is 0.243. The molecule has 0 aliphatic rings.